The first-order valence-electron chi connectivity index (χ1n) is 3.97. The molecule has 62 valence electrons. The minimum absolute atomic E-state index is 0.271. The SMILES string of the molecule is CCC(CCCCCl)[SiH2]Cl. The molecule has 0 aromatic heterocycles. The van der Waals surface area contributed by atoms with Crippen molar-refractivity contribution in [1.82, 2.24) is 0 Å². The molecule has 0 nitrogen and oxygen atoms in total. The molecule has 0 heterocycles. The van der Waals surface area contributed by atoms with Gasteiger partial charge in [0.05, 0.1) is 0 Å². The molecule has 0 aliphatic rings. The van der Waals surface area contributed by atoms with Crippen molar-refractivity contribution in [3.05, 3.63) is 0 Å². The third-order valence-electron chi connectivity index (χ3n) is 1.79. The normalized spacial score (nSPS) is 14.7. The van der Waals surface area contributed by atoms with Crippen molar-refractivity contribution in [2.45, 2.75) is 38.1 Å². The summed E-state index contributed by atoms with van der Waals surface area (Å²) in [5.41, 5.74) is 0.852. The highest BCUT2D eigenvalue weighted by Gasteiger charge is 2.03. The summed E-state index contributed by atoms with van der Waals surface area (Å²) in [6, 6.07) is 0. The molecule has 0 aliphatic carbocycles. The van der Waals surface area contributed by atoms with Gasteiger partial charge in [0, 0.05) is 5.88 Å². The van der Waals surface area contributed by atoms with Crippen LogP contribution >= 0.6 is 22.7 Å². The lowest BCUT2D eigenvalue weighted by Crippen LogP contribution is -1.96. The summed E-state index contributed by atoms with van der Waals surface area (Å²) in [5, 5.41) is 0. The van der Waals surface area contributed by atoms with Crippen LogP contribution in [0.15, 0.2) is 0 Å². The predicted molar refractivity (Wildman–Crippen MR) is 53.0 cm³/mol. The quantitative estimate of drug-likeness (QED) is 0.267. The van der Waals surface area contributed by atoms with Crippen LogP contribution in [0.2, 0.25) is 5.54 Å². The zero-order valence-electron chi connectivity index (χ0n) is 6.58. The zero-order chi connectivity index (χ0) is 7.82. The molecule has 0 spiro atoms. The largest absolute Gasteiger partial charge is 0.176 e. The number of alkyl halides is 1. The van der Waals surface area contributed by atoms with E-state index in [4.69, 9.17) is 22.7 Å². The number of unbranched alkanes of at least 4 members (excludes halogenated alkanes) is 1. The predicted octanol–water partition coefficient (Wildman–Crippen LogP) is 2.92. The lowest BCUT2D eigenvalue weighted by molar-refractivity contribution is 0.655. The van der Waals surface area contributed by atoms with E-state index in [1.54, 1.807) is 0 Å². The van der Waals surface area contributed by atoms with E-state index in [0.29, 0.717) is 0 Å². The molecule has 0 aliphatic heterocycles. The van der Waals surface area contributed by atoms with Crippen molar-refractivity contribution < 1.29 is 0 Å². The highest BCUT2D eigenvalue weighted by atomic mass is 35.6. The molecule has 10 heavy (non-hydrogen) atoms. The maximum Gasteiger partial charge on any atom is 0.128 e. The van der Waals surface area contributed by atoms with E-state index in [1.807, 2.05) is 0 Å². The fourth-order valence-electron chi connectivity index (χ4n) is 0.918. The second kappa shape index (κ2) is 7.90. The maximum absolute atomic E-state index is 5.85. The Hall–Kier alpha value is 0.797. The molecule has 0 saturated carbocycles. The molecule has 0 N–H and O–H groups in total. The van der Waals surface area contributed by atoms with E-state index in [9.17, 15) is 0 Å². The van der Waals surface area contributed by atoms with E-state index < -0.39 is 0 Å². The van der Waals surface area contributed by atoms with Crippen LogP contribution in [-0.2, 0) is 0 Å². The van der Waals surface area contributed by atoms with Crippen molar-refractivity contribution in [3.8, 4) is 0 Å². The Bertz CT molecular complexity index is 64.6. The lowest BCUT2D eigenvalue weighted by atomic mass is 10.2. The standard InChI is InChI=1S/C7H16Cl2Si/c1-2-7(10-9)5-3-4-6-8/h7H,2-6,10H2,1H3. The second-order valence-electron chi connectivity index (χ2n) is 2.61. The lowest BCUT2D eigenvalue weighted by Gasteiger charge is -2.08. The molecule has 0 rings (SSSR count). The van der Waals surface area contributed by atoms with Gasteiger partial charge in [-0.05, 0) is 12.0 Å². The third kappa shape index (κ3) is 5.57. The maximum atomic E-state index is 5.85. The van der Waals surface area contributed by atoms with Gasteiger partial charge in [0.25, 0.3) is 0 Å². The molecular formula is C7H16Cl2Si. The van der Waals surface area contributed by atoms with Gasteiger partial charge in [-0.1, -0.05) is 26.2 Å². The van der Waals surface area contributed by atoms with E-state index >= 15 is 0 Å². The van der Waals surface area contributed by atoms with Crippen LogP contribution in [0.25, 0.3) is 0 Å². The summed E-state index contributed by atoms with van der Waals surface area (Å²) in [5.74, 6) is 0.806. The van der Waals surface area contributed by atoms with Gasteiger partial charge in [-0.25, -0.2) is 0 Å². The van der Waals surface area contributed by atoms with Crippen LogP contribution < -0.4 is 0 Å². The molecule has 0 bridgehead atoms. The summed E-state index contributed by atoms with van der Waals surface area (Å²) >= 11 is 11.4. The number of rotatable bonds is 6. The Balaban J connectivity index is 3.09. The number of hydrogen-bond donors (Lipinski definition) is 0. The summed E-state index contributed by atoms with van der Waals surface area (Å²) in [6.45, 7) is 2.22. The Kier molecular flexibility index (Phi) is 8.53. The molecule has 0 saturated heterocycles. The van der Waals surface area contributed by atoms with Gasteiger partial charge in [-0.15, -0.1) is 11.6 Å². The summed E-state index contributed by atoms with van der Waals surface area (Å²) in [4.78, 5) is 0. The van der Waals surface area contributed by atoms with Crippen molar-refractivity contribution in [1.29, 1.82) is 0 Å². The van der Waals surface area contributed by atoms with Gasteiger partial charge >= 0.3 is 0 Å². The minimum atomic E-state index is -0.271. The van der Waals surface area contributed by atoms with E-state index in [0.717, 1.165) is 17.8 Å². The molecule has 0 radical (unpaired) electrons. The Morgan fingerprint density at radius 3 is 2.50 bits per heavy atom. The first-order chi connectivity index (χ1) is 4.85. The third-order valence-corrected chi connectivity index (χ3v) is 4.79. The Morgan fingerprint density at radius 2 is 2.10 bits per heavy atom. The molecule has 1 unspecified atom stereocenters. The van der Waals surface area contributed by atoms with Gasteiger partial charge < -0.3 is 0 Å². The number of halogens is 2. The van der Waals surface area contributed by atoms with E-state index in [2.05, 4.69) is 6.92 Å². The molecule has 0 aromatic rings. The molecule has 0 aromatic carbocycles. The van der Waals surface area contributed by atoms with Crippen molar-refractivity contribution in [2.75, 3.05) is 5.88 Å². The second-order valence-corrected chi connectivity index (χ2v) is 5.38. The average Bonchev–Trinajstić information content (AvgIpc) is 1.99. The molecule has 3 heteroatoms. The smallest absolute Gasteiger partial charge is 0.128 e. The van der Waals surface area contributed by atoms with Crippen molar-refractivity contribution in [2.24, 2.45) is 0 Å². The highest BCUT2D eigenvalue weighted by Crippen LogP contribution is 2.18. The van der Waals surface area contributed by atoms with Crippen LogP contribution in [0, 0.1) is 0 Å². The highest BCUT2D eigenvalue weighted by molar-refractivity contribution is 6.94. The summed E-state index contributed by atoms with van der Waals surface area (Å²) in [7, 11) is -0.271. The van der Waals surface area contributed by atoms with Crippen LogP contribution in [0.3, 0.4) is 0 Å². The minimum Gasteiger partial charge on any atom is -0.176 e. The first-order valence-corrected chi connectivity index (χ1v) is 7.46. The van der Waals surface area contributed by atoms with Gasteiger partial charge in [0.2, 0.25) is 0 Å². The van der Waals surface area contributed by atoms with Crippen molar-refractivity contribution in [3.63, 3.8) is 0 Å². The number of hydrogen-bond acceptors (Lipinski definition) is 0. The van der Waals surface area contributed by atoms with Gasteiger partial charge in [0.15, 0.2) is 0 Å². The van der Waals surface area contributed by atoms with Crippen LogP contribution in [0.5, 0.6) is 0 Å². The van der Waals surface area contributed by atoms with Crippen LogP contribution in [0.4, 0.5) is 0 Å². The van der Waals surface area contributed by atoms with Crippen molar-refractivity contribution >= 4 is 31.5 Å². The van der Waals surface area contributed by atoms with E-state index in [-0.39, 0.29) is 8.83 Å². The molecule has 0 fully saturated rings. The van der Waals surface area contributed by atoms with E-state index in [1.165, 1.54) is 19.3 Å². The topological polar surface area (TPSA) is 0 Å². The fraction of sp³-hybridized carbons (Fsp3) is 1.00. The zero-order valence-corrected chi connectivity index (χ0v) is 9.50. The summed E-state index contributed by atoms with van der Waals surface area (Å²) < 4.78 is 0. The Morgan fingerprint density at radius 1 is 1.40 bits per heavy atom. The van der Waals surface area contributed by atoms with Crippen LogP contribution in [-0.4, -0.2) is 14.7 Å². The fourth-order valence-corrected chi connectivity index (χ4v) is 2.89. The average molecular weight is 199 g/mol. The van der Waals surface area contributed by atoms with Gasteiger partial charge in [0.1, 0.15) is 8.83 Å². The van der Waals surface area contributed by atoms with Gasteiger partial charge in [-0.2, -0.15) is 11.1 Å². The molecular weight excluding hydrogens is 183 g/mol. The van der Waals surface area contributed by atoms with Gasteiger partial charge in [-0.3, -0.25) is 0 Å². The molecule has 1 atom stereocenters. The summed E-state index contributed by atoms with van der Waals surface area (Å²) in [6.07, 6.45) is 4.99. The first kappa shape index (κ1) is 10.8. The monoisotopic (exact) mass is 198 g/mol. The Labute approximate surface area is 75.8 Å². The molecule has 0 amide bonds. The van der Waals surface area contributed by atoms with Crippen LogP contribution in [0.1, 0.15) is 32.6 Å².